The second-order valence-corrected chi connectivity index (χ2v) is 4.45. The molecule has 0 aliphatic carbocycles. The summed E-state index contributed by atoms with van der Waals surface area (Å²) in [5, 5.41) is 2.64. The molecule has 0 saturated carbocycles. The lowest BCUT2D eigenvalue weighted by molar-refractivity contribution is -0.133. The first kappa shape index (κ1) is 13.1. The van der Waals surface area contributed by atoms with Crippen LogP contribution in [0, 0.1) is 0 Å². The number of alkyl halides is 3. The fraction of sp³-hybridized carbons (Fsp3) is 0.500. The summed E-state index contributed by atoms with van der Waals surface area (Å²) in [6.07, 6.45) is -4.95. The van der Waals surface area contributed by atoms with Crippen LogP contribution in [-0.4, -0.2) is 12.7 Å². The summed E-state index contributed by atoms with van der Waals surface area (Å²) in [6.45, 7) is 0.166. The monoisotopic (exact) mass is 349 g/mol. The molecule has 0 atom stereocenters. The van der Waals surface area contributed by atoms with Gasteiger partial charge in [0.25, 0.3) is 0 Å². The zero-order valence-electron chi connectivity index (χ0n) is 7.50. The third-order valence-corrected chi connectivity index (χ3v) is 3.29. The molecule has 0 amide bonds. The highest BCUT2D eigenvalue weighted by atomic mass is 79.9. The Labute approximate surface area is 101 Å². The topological polar surface area (TPSA) is 25.2 Å². The summed E-state index contributed by atoms with van der Waals surface area (Å²) in [5.41, 5.74) is 0. The van der Waals surface area contributed by atoms with Gasteiger partial charge in [-0.1, -0.05) is 0 Å². The Hall–Kier alpha value is -0.0100. The number of furan rings is 1. The van der Waals surface area contributed by atoms with Crippen LogP contribution in [0.15, 0.2) is 19.6 Å². The van der Waals surface area contributed by atoms with E-state index in [-0.39, 0.29) is 13.1 Å². The summed E-state index contributed by atoms with van der Waals surface area (Å²) < 4.78 is 41.8. The van der Waals surface area contributed by atoms with Crippen LogP contribution in [0.1, 0.15) is 12.2 Å². The summed E-state index contributed by atoms with van der Waals surface area (Å²) in [5.74, 6) is 0.580. The summed E-state index contributed by atoms with van der Waals surface area (Å²) >= 11 is 6.34. The van der Waals surface area contributed by atoms with Gasteiger partial charge in [-0.2, -0.15) is 13.2 Å². The molecule has 0 unspecified atom stereocenters. The lowest BCUT2D eigenvalue weighted by atomic mass is 10.4. The molecule has 1 heterocycles. The molecule has 0 radical (unpaired) electrons. The third-order valence-electron chi connectivity index (χ3n) is 1.58. The van der Waals surface area contributed by atoms with Gasteiger partial charge in [-0.25, -0.2) is 0 Å². The zero-order valence-corrected chi connectivity index (χ0v) is 10.7. The third kappa shape index (κ3) is 5.03. The van der Waals surface area contributed by atoms with Gasteiger partial charge in [0.2, 0.25) is 0 Å². The molecule has 0 aliphatic rings. The van der Waals surface area contributed by atoms with Gasteiger partial charge in [-0.05, 0) is 37.9 Å². The van der Waals surface area contributed by atoms with Crippen molar-refractivity contribution in [3.63, 3.8) is 0 Å². The maximum Gasteiger partial charge on any atom is 0.390 e. The van der Waals surface area contributed by atoms with Crippen LogP contribution in [0.25, 0.3) is 0 Å². The van der Waals surface area contributed by atoms with E-state index in [0.717, 1.165) is 4.47 Å². The Balaban J connectivity index is 2.26. The molecule has 0 aliphatic heterocycles. The number of hydrogen-bond acceptors (Lipinski definition) is 2. The van der Waals surface area contributed by atoms with Crippen LogP contribution in [0.2, 0.25) is 0 Å². The molecule has 86 valence electrons. The number of rotatable bonds is 4. The highest BCUT2D eigenvalue weighted by molar-refractivity contribution is 9.13. The minimum atomic E-state index is -4.11. The molecule has 0 aromatic carbocycles. The summed E-state index contributed by atoms with van der Waals surface area (Å²) in [4.78, 5) is 0. The minimum absolute atomic E-state index is 0.112. The normalized spacial score (nSPS) is 12.1. The Morgan fingerprint density at radius 3 is 2.47 bits per heavy atom. The van der Waals surface area contributed by atoms with E-state index in [1.807, 2.05) is 0 Å². The Morgan fingerprint density at radius 2 is 2.00 bits per heavy atom. The highest BCUT2D eigenvalue weighted by Crippen LogP contribution is 2.26. The van der Waals surface area contributed by atoms with Gasteiger partial charge in [0, 0.05) is 6.54 Å². The van der Waals surface area contributed by atoms with Gasteiger partial charge < -0.3 is 9.73 Å². The largest absolute Gasteiger partial charge is 0.452 e. The molecular weight excluding hydrogens is 343 g/mol. The molecule has 1 N–H and O–H groups in total. The maximum absolute atomic E-state index is 11.8. The molecule has 1 rings (SSSR count). The van der Waals surface area contributed by atoms with Crippen molar-refractivity contribution in [1.29, 1.82) is 0 Å². The molecule has 2 nitrogen and oxygen atoms in total. The highest BCUT2D eigenvalue weighted by Gasteiger charge is 2.25. The van der Waals surface area contributed by atoms with Crippen molar-refractivity contribution in [1.82, 2.24) is 5.32 Å². The van der Waals surface area contributed by atoms with E-state index in [2.05, 4.69) is 37.2 Å². The quantitative estimate of drug-likeness (QED) is 0.834. The summed E-state index contributed by atoms with van der Waals surface area (Å²) in [7, 11) is 0. The van der Waals surface area contributed by atoms with Crippen molar-refractivity contribution in [3.8, 4) is 0 Å². The van der Waals surface area contributed by atoms with Crippen LogP contribution in [0.3, 0.4) is 0 Å². The van der Waals surface area contributed by atoms with E-state index in [9.17, 15) is 13.2 Å². The molecular formula is C8H8Br2F3NO. The lowest BCUT2D eigenvalue weighted by Crippen LogP contribution is -2.21. The predicted molar refractivity (Wildman–Crippen MR) is 56.5 cm³/mol. The molecule has 15 heavy (non-hydrogen) atoms. The first-order chi connectivity index (χ1) is 6.88. The van der Waals surface area contributed by atoms with Crippen molar-refractivity contribution < 1.29 is 17.6 Å². The van der Waals surface area contributed by atoms with Crippen molar-refractivity contribution in [2.45, 2.75) is 19.1 Å². The number of hydrogen-bond donors (Lipinski definition) is 1. The van der Waals surface area contributed by atoms with Crippen molar-refractivity contribution in [2.75, 3.05) is 6.54 Å². The molecule has 1 aromatic heterocycles. The lowest BCUT2D eigenvalue weighted by Gasteiger charge is -2.05. The van der Waals surface area contributed by atoms with Crippen molar-refractivity contribution in [2.24, 2.45) is 0 Å². The molecule has 0 spiro atoms. The minimum Gasteiger partial charge on any atom is -0.452 e. The average molecular weight is 351 g/mol. The van der Waals surface area contributed by atoms with E-state index >= 15 is 0 Å². The van der Waals surface area contributed by atoms with Crippen LogP contribution in [0.4, 0.5) is 13.2 Å². The van der Waals surface area contributed by atoms with E-state index in [4.69, 9.17) is 4.42 Å². The molecule has 0 bridgehead atoms. The molecule has 0 saturated heterocycles. The molecule has 0 fully saturated rings. The van der Waals surface area contributed by atoms with Gasteiger partial charge in [-0.3, -0.25) is 0 Å². The van der Waals surface area contributed by atoms with Gasteiger partial charge in [-0.15, -0.1) is 0 Å². The van der Waals surface area contributed by atoms with Crippen molar-refractivity contribution in [3.05, 3.63) is 21.0 Å². The van der Waals surface area contributed by atoms with E-state index in [1.54, 1.807) is 6.07 Å². The SMILES string of the molecule is FC(F)(F)CCNCc1cc(Br)c(Br)o1. The summed E-state index contributed by atoms with van der Waals surface area (Å²) in [6, 6.07) is 1.70. The fourth-order valence-corrected chi connectivity index (χ4v) is 1.58. The Morgan fingerprint density at radius 1 is 1.33 bits per heavy atom. The van der Waals surface area contributed by atoms with Gasteiger partial charge >= 0.3 is 6.18 Å². The Kier molecular flexibility index (Phi) is 4.66. The average Bonchev–Trinajstić information content (AvgIpc) is 2.39. The first-order valence-corrected chi connectivity index (χ1v) is 5.68. The van der Waals surface area contributed by atoms with Crippen LogP contribution in [0.5, 0.6) is 0 Å². The first-order valence-electron chi connectivity index (χ1n) is 4.09. The van der Waals surface area contributed by atoms with Gasteiger partial charge in [0.15, 0.2) is 4.67 Å². The zero-order chi connectivity index (χ0) is 11.5. The maximum atomic E-state index is 11.8. The van der Waals surface area contributed by atoms with E-state index in [1.165, 1.54) is 0 Å². The molecule has 7 heteroatoms. The molecule has 1 aromatic rings. The van der Waals surface area contributed by atoms with Crippen LogP contribution < -0.4 is 5.32 Å². The smallest absolute Gasteiger partial charge is 0.390 e. The van der Waals surface area contributed by atoms with E-state index in [0.29, 0.717) is 10.4 Å². The fourth-order valence-electron chi connectivity index (χ4n) is 0.920. The second kappa shape index (κ2) is 5.36. The Bertz CT molecular complexity index is 305. The van der Waals surface area contributed by atoms with E-state index < -0.39 is 12.6 Å². The number of halogens is 5. The standard InChI is InChI=1S/C8H8Br2F3NO/c9-6-3-5(15-7(6)10)4-14-2-1-8(11,12)13/h3,14H,1-2,4H2. The van der Waals surface area contributed by atoms with Gasteiger partial charge in [0.1, 0.15) is 5.76 Å². The van der Waals surface area contributed by atoms with Crippen molar-refractivity contribution >= 4 is 31.9 Å². The van der Waals surface area contributed by atoms with Crippen LogP contribution >= 0.6 is 31.9 Å². The second-order valence-electron chi connectivity index (χ2n) is 2.88. The van der Waals surface area contributed by atoms with Crippen LogP contribution in [-0.2, 0) is 6.54 Å². The van der Waals surface area contributed by atoms with Gasteiger partial charge in [0.05, 0.1) is 17.4 Å². The predicted octanol–water partition coefficient (Wildman–Crippen LogP) is 3.85. The number of nitrogens with one attached hydrogen (secondary N) is 1.